The number of benzene rings is 3. The number of pyridine rings is 3. The largest absolute Gasteiger partial charge is 0.507 e. The standard InChI is InChI=1S/C33H38F2N8O4S.C33H34F2N8O2.C33H33F2N7O3/c1-9-25(44)41-14-15-42(20(6)17-41)30-22-16-24(35)28(21-12-10-11-13-23(21)34)36-31(22)43(33(45)39-30)29-26(18(2)3)37-32(38-27(29)19(4)5)40(7)48(8,46)47;1-5-25(44)42-16(2)14-41(15-17(42)3)31-21-13-23(35)29(26-22(34)7-6-8-24(26)36)39-32(21)43(33(45)40-31)30-27(19-9-10-19)37-18(4)38-28(30)20-11-12-20;1-5-25(44)41-16(2)14-40(15-17(41)3)31-21-13-23(35)29(26-22(34)7-6-8-24(26)43)38-32(21)42(33(45)39-31)30-27(19-9-10-19)36-18(4)37-28(30)20-11-12-20/h9-13,16,18-20H,1,14-15,17H2,2-8H3;5-8,13,16-17,19-20H,1,9-12,14-15,36H2,2-4H3;5-8,13,16-17,19-20,43H,1,9-12,14-15H2,2-4H3/t20-;2*16-,17+/m0../s1. The van der Waals surface area contributed by atoms with Gasteiger partial charge in [0, 0.05) is 118 Å². The maximum atomic E-state index is 16.1. The molecule has 39 heteroatoms. The highest BCUT2D eigenvalue weighted by Gasteiger charge is 2.44. The molecule has 0 bridgehead atoms. The summed E-state index contributed by atoms with van der Waals surface area (Å²) >= 11 is 0. The van der Waals surface area contributed by atoms with Gasteiger partial charge in [-0.2, -0.15) is 15.0 Å². The quantitative estimate of drug-likeness (QED) is 0.0406. The average Bonchev–Trinajstić information content (AvgIpc) is 1.09. The molecule has 19 rings (SSSR count). The van der Waals surface area contributed by atoms with Crippen molar-refractivity contribution in [2.45, 2.75) is 193 Å². The van der Waals surface area contributed by atoms with Gasteiger partial charge in [-0.3, -0.25) is 14.4 Å². The number of nitrogen functional groups attached to an aromatic ring is 1. The first-order valence-electron chi connectivity index (χ1n) is 46.1. The summed E-state index contributed by atoms with van der Waals surface area (Å²) in [5.41, 5.74) is 7.42. The van der Waals surface area contributed by atoms with Crippen LogP contribution in [0.4, 0.5) is 55.4 Å². The van der Waals surface area contributed by atoms with Crippen molar-refractivity contribution in [3.63, 3.8) is 0 Å². The minimum atomic E-state index is -3.74. The lowest BCUT2D eigenvalue weighted by atomic mass is 10.0. The highest BCUT2D eigenvalue weighted by Crippen LogP contribution is 2.51. The van der Waals surface area contributed by atoms with E-state index in [9.17, 15) is 42.3 Å². The summed E-state index contributed by atoms with van der Waals surface area (Å²) in [4.78, 5) is 147. The summed E-state index contributed by atoms with van der Waals surface area (Å²) < 4.78 is 123. The van der Waals surface area contributed by atoms with Crippen LogP contribution in [0.1, 0.15) is 195 Å². The summed E-state index contributed by atoms with van der Waals surface area (Å²) in [7, 11) is -2.40. The summed E-state index contributed by atoms with van der Waals surface area (Å²) in [6.07, 6.45) is 12.2. The molecule has 718 valence electrons. The monoisotopic (exact) mass is 1910 g/mol. The van der Waals surface area contributed by atoms with E-state index in [2.05, 4.69) is 59.6 Å². The zero-order valence-electron chi connectivity index (χ0n) is 78.6. The molecule has 5 atom stereocenters. The van der Waals surface area contributed by atoms with E-state index in [0.717, 1.165) is 90.8 Å². The summed E-state index contributed by atoms with van der Waals surface area (Å²) in [6.45, 7) is 33.5. The van der Waals surface area contributed by atoms with Gasteiger partial charge in [0.1, 0.15) is 75.2 Å². The number of phenolic OH excluding ortho intramolecular Hbond substituents is 1. The van der Waals surface area contributed by atoms with Crippen LogP contribution in [0.25, 0.3) is 83.9 Å². The Bertz CT molecular complexity index is 6930. The van der Waals surface area contributed by atoms with Crippen LogP contribution >= 0.6 is 0 Å². The van der Waals surface area contributed by atoms with E-state index in [-0.39, 0.29) is 180 Å². The second-order valence-corrected chi connectivity index (χ2v) is 39.3. The molecule has 0 unspecified atom stereocenters. The number of hydrogen-bond donors (Lipinski definition) is 2. The number of fused-ring (bicyclic) bond motifs is 3. The average molecular weight is 1910 g/mol. The maximum absolute atomic E-state index is 16.1. The number of nitrogens with two attached hydrogens (primary N) is 1. The SMILES string of the molecule is C=CC(=O)N1CCN(c2nc(=O)n(-c3c(C(C)C)nc(N(C)S(C)(=O)=O)nc3C(C)C)c3nc(-c4ccccc4F)c(F)cc23)[C@@H](C)C1.C=CC(=O)N1[C@H](C)CN(c2nc(=O)n(-c3c(C4CC4)nc(C)nc3C3CC3)c3nc(-c4c(N)cccc4F)c(F)cc23)C[C@@H]1C.C=CC(=O)N1[C@H](C)CN(c2nc(=O)n(-c3c(C4CC4)nc(C)nc3C3CC3)c3nc(-c4c(O)cccc4F)c(F)cc23)C[C@@H]1C. The third-order valence-electron chi connectivity index (χ3n) is 26.2. The highest BCUT2D eigenvalue weighted by molar-refractivity contribution is 7.92. The van der Waals surface area contributed by atoms with Gasteiger partial charge in [-0.1, -0.05) is 71.7 Å². The van der Waals surface area contributed by atoms with Gasteiger partial charge in [0.05, 0.1) is 84.8 Å². The number of rotatable bonds is 20. The molecule has 4 aliphatic carbocycles. The Morgan fingerprint density at radius 3 is 1.21 bits per heavy atom. The molecular formula is C99H105F6N23O9S. The summed E-state index contributed by atoms with van der Waals surface area (Å²) in [6, 6.07) is 15.7. The Kier molecular flexibility index (Phi) is 25.8. The topological polar surface area (TPSA) is 375 Å². The normalized spacial score (nSPS) is 18.5. The molecule has 3 saturated heterocycles. The summed E-state index contributed by atoms with van der Waals surface area (Å²) in [5.74, 6) is -4.30. The smallest absolute Gasteiger partial charge is 0.355 e. The van der Waals surface area contributed by atoms with Crippen molar-refractivity contribution in [3.05, 3.63) is 229 Å². The first-order valence-corrected chi connectivity index (χ1v) is 47.9. The molecule has 3 amide bonds. The number of amides is 3. The molecule has 0 spiro atoms. The van der Waals surface area contributed by atoms with Crippen molar-refractivity contribution in [2.75, 3.05) is 83.9 Å². The Labute approximate surface area is 790 Å². The van der Waals surface area contributed by atoms with E-state index in [1.165, 1.54) is 106 Å². The number of hydrogen-bond acceptors (Lipinski definition) is 25. The molecule has 3 aromatic carbocycles. The zero-order valence-corrected chi connectivity index (χ0v) is 79.4. The fourth-order valence-corrected chi connectivity index (χ4v) is 19.5. The molecule has 3 aliphatic heterocycles. The summed E-state index contributed by atoms with van der Waals surface area (Å²) in [5, 5.41) is 11.3. The number of nitrogens with zero attached hydrogens (tertiary/aromatic N) is 22. The predicted molar refractivity (Wildman–Crippen MR) is 513 cm³/mol. The van der Waals surface area contributed by atoms with E-state index in [1.54, 1.807) is 20.8 Å². The van der Waals surface area contributed by atoms with Crippen LogP contribution in [0.5, 0.6) is 5.75 Å². The lowest BCUT2D eigenvalue weighted by Gasteiger charge is -2.44. The van der Waals surface area contributed by atoms with Crippen LogP contribution in [-0.2, 0) is 24.4 Å². The fraction of sp³-hybridized carbons (Fsp3) is 0.394. The molecule has 7 fully saturated rings. The Morgan fingerprint density at radius 2 is 0.826 bits per heavy atom. The van der Waals surface area contributed by atoms with E-state index in [1.807, 2.05) is 90.9 Å². The van der Waals surface area contributed by atoms with Crippen molar-refractivity contribution in [1.82, 2.24) is 88.2 Å². The zero-order chi connectivity index (χ0) is 98.7. The lowest BCUT2D eigenvalue weighted by Crippen LogP contribution is -2.58. The number of anilines is 5. The van der Waals surface area contributed by atoms with Gasteiger partial charge in [0.25, 0.3) is 0 Å². The van der Waals surface area contributed by atoms with Gasteiger partial charge in [0.15, 0.2) is 28.6 Å². The number of carbonyl (C=O) groups excluding carboxylic acids is 3. The van der Waals surface area contributed by atoms with Crippen LogP contribution in [-0.4, -0.2) is 209 Å². The molecule has 0 radical (unpaired) electrons. The number of carbonyl (C=O) groups is 3. The molecule has 9 aromatic heterocycles. The Morgan fingerprint density at radius 1 is 0.457 bits per heavy atom. The molecule has 138 heavy (non-hydrogen) atoms. The van der Waals surface area contributed by atoms with Crippen LogP contribution in [0.2, 0.25) is 0 Å². The molecular weight excluding hydrogens is 1800 g/mol. The highest BCUT2D eigenvalue weighted by atomic mass is 32.2. The third-order valence-corrected chi connectivity index (χ3v) is 27.3. The molecule has 7 aliphatic rings. The van der Waals surface area contributed by atoms with Crippen LogP contribution in [0, 0.1) is 48.8 Å². The van der Waals surface area contributed by atoms with E-state index in [4.69, 9.17) is 25.7 Å². The van der Waals surface area contributed by atoms with E-state index in [0.29, 0.717) is 73.7 Å². The molecule has 32 nitrogen and oxygen atoms in total. The van der Waals surface area contributed by atoms with Crippen LogP contribution in [0.15, 0.2) is 131 Å². The molecule has 12 aromatic rings. The van der Waals surface area contributed by atoms with Gasteiger partial charge in [-0.05, 0) is 184 Å². The third kappa shape index (κ3) is 18.0. The molecule has 4 saturated carbocycles. The van der Waals surface area contributed by atoms with Crippen molar-refractivity contribution >= 4 is 89.9 Å². The van der Waals surface area contributed by atoms with Crippen molar-refractivity contribution in [1.29, 1.82) is 0 Å². The number of aromatic nitrogens is 15. The molecule has 12 heterocycles. The second kappa shape index (κ2) is 37.3. The number of aryl methyl sites for hydroxylation is 2. The van der Waals surface area contributed by atoms with Gasteiger partial charge >= 0.3 is 17.1 Å². The maximum Gasteiger partial charge on any atom is 0.355 e. The molecule has 3 N–H and O–H groups in total. The second-order valence-electron chi connectivity index (χ2n) is 37.2. The van der Waals surface area contributed by atoms with Crippen LogP contribution in [0.3, 0.4) is 0 Å². The van der Waals surface area contributed by atoms with Gasteiger partial charge in [-0.15, -0.1) is 0 Å². The van der Waals surface area contributed by atoms with Gasteiger partial charge in [0.2, 0.25) is 33.7 Å². The van der Waals surface area contributed by atoms with Crippen LogP contribution < -0.4 is 41.8 Å². The number of piperazine rings is 3. The lowest BCUT2D eigenvalue weighted by molar-refractivity contribution is -0.131. The number of halogens is 6. The van der Waals surface area contributed by atoms with Gasteiger partial charge < -0.3 is 40.2 Å². The van der Waals surface area contributed by atoms with E-state index < -0.39 is 79.0 Å². The van der Waals surface area contributed by atoms with Crippen molar-refractivity contribution in [3.8, 4) is 56.6 Å². The number of sulfonamides is 1. The number of aromatic hydroxyl groups is 1. The predicted octanol–water partition coefficient (Wildman–Crippen LogP) is 14.1. The fourth-order valence-electron chi connectivity index (χ4n) is 19.1. The van der Waals surface area contributed by atoms with Gasteiger partial charge in [-0.25, -0.2) is 112 Å². The Hall–Kier alpha value is -14.3. The Balaban J connectivity index is 0.000000143. The first kappa shape index (κ1) is 95.5. The van der Waals surface area contributed by atoms with Crippen molar-refractivity contribution in [2.24, 2.45) is 0 Å². The first-order chi connectivity index (χ1) is 65.7. The minimum Gasteiger partial charge on any atom is -0.507 e. The minimum absolute atomic E-state index is 0.0157. The number of phenols is 1. The van der Waals surface area contributed by atoms with Crippen molar-refractivity contribution < 1.29 is 54.3 Å². The van der Waals surface area contributed by atoms with E-state index >= 15 is 26.3 Å².